The molecule has 0 bridgehead atoms. The summed E-state index contributed by atoms with van der Waals surface area (Å²) < 4.78 is 13.5. The van der Waals surface area contributed by atoms with E-state index >= 15 is 0 Å². The number of thiophene rings is 1. The lowest BCUT2D eigenvalue weighted by atomic mass is 10.2. The monoisotopic (exact) mass is 349 g/mol. The van der Waals surface area contributed by atoms with Crippen molar-refractivity contribution in [1.82, 2.24) is 4.98 Å². The van der Waals surface area contributed by atoms with Crippen LogP contribution in [0.3, 0.4) is 0 Å². The van der Waals surface area contributed by atoms with Gasteiger partial charge < -0.3 is 0 Å². The second-order valence-electron chi connectivity index (χ2n) is 4.39. The van der Waals surface area contributed by atoms with E-state index in [1.807, 2.05) is 5.38 Å². The molecule has 0 radical (unpaired) electrons. The largest absolute Gasteiger partial charge is 0.288 e. The number of carbonyl (C=O) groups excluding carboxylic acids is 1. The fourth-order valence-corrected chi connectivity index (χ4v) is 3.53. The number of hydrogen-bond donors (Lipinski definition) is 0. The number of carbonyl (C=O) groups is 1. The van der Waals surface area contributed by atoms with E-state index in [4.69, 9.17) is 11.6 Å². The van der Waals surface area contributed by atoms with Gasteiger partial charge in [0.05, 0.1) is 14.9 Å². The van der Waals surface area contributed by atoms with Crippen molar-refractivity contribution in [3.05, 3.63) is 68.6 Å². The van der Waals surface area contributed by atoms with Gasteiger partial charge in [0.2, 0.25) is 0 Å². The van der Waals surface area contributed by atoms with Crippen molar-refractivity contribution in [2.24, 2.45) is 0 Å². The van der Waals surface area contributed by atoms with Crippen molar-refractivity contribution in [2.75, 3.05) is 0 Å². The van der Waals surface area contributed by atoms with Gasteiger partial charge in [0.1, 0.15) is 10.8 Å². The van der Waals surface area contributed by atoms with Crippen LogP contribution in [0.1, 0.15) is 15.4 Å². The number of aromatic nitrogens is 1. The number of rotatable bonds is 4. The molecule has 3 rings (SSSR count). The summed E-state index contributed by atoms with van der Waals surface area (Å²) in [7, 11) is 0. The van der Waals surface area contributed by atoms with E-state index < -0.39 is 0 Å². The Morgan fingerprint density at radius 2 is 1.95 bits per heavy atom. The average molecular weight is 350 g/mol. The molecule has 110 valence electrons. The molecule has 0 atom stereocenters. The molecule has 3 aromatic rings. The Bertz CT molecular complexity index is 836. The molecule has 0 N–H and O–H groups in total. The second kappa shape index (κ2) is 6.52. The molecule has 0 saturated heterocycles. The summed E-state index contributed by atoms with van der Waals surface area (Å²) in [5.74, 6) is -0.381. The van der Waals surface area contributed by atoms with Crippen LogP contribution in [0.15, 0.2) is 47.9 Å². The topological polar surface area (TPSA) is 30.0 Å². The third-order valence-corrected chi connectivity index (χ3v) is 4.99. The SMILES string of the molecule is O=C(C=Cc1csc(-c2ccc(F)cc2)n1)c1ccc(Cl)s1. The van der Waals surface area contributed by atoms with Gasteiger partial charge in [-0.25, -0.2) is 9.37 Å². The van der Waals surface area contributed by atoms with Crippen molar-refractivity contribution in [1.29, 1.82) is 0 Å². The van der Waals surface area contributed by atoms with Gasteiger partial charge in [-0.3, -0.25) is 4.79 Å². The lowest BCUT2D eigenvalue weighted by Crippen LogP contribution is -1.88. The molecule has 0 spiro atoms. The highest BCUT2D eigenvalue weighted by Crippen LogP contribution is 2.25. The molecule has 0 aliphatic rings. The Kier molecular flexibility index (Phi) is 4.47. The summed E-state index contributed by atoms with van der Waals surface area (Å²) in [6.45, 7) is 0. The number of allylic oxidation sites excluding steroid dienone is 1. The fourth-order valence-electron chi connectivity index (χ4n) is 1.78. The van der Waals surface area contributed by atoms with E-state index in [1.54, 1.807) is 30.3 Å². The molecule has 0 saturated carbocycles. The highest BCUT2D eigenvalue weighted by atomic mass is 35.5. The van der Waals surface area contributed by atoms with Gasteiger partial charge >= 0.3 is 0 Å². The first-order valence-corrected chi connectivity index (χ1v) is 8.38. The van der Waals surface area contributed by atoms with Gasteiger partial charge in [0.25, 0.3) is 0 Å². The molecule has 1 aromatic carbocycles. The van der Waals surface area contributed by atoms with Crippen molar-refractivity contribution in [3.8, 4) is 10.6 Å². The summed E-state index contributed by atoms with van der Waals surface area (Å²) in [6, 6.07) is 9.56. The molecule has 0 aliphatic heterocycles. The van der Waals surface area contributed by atoms with E-state index in [1.165, 1.54) is 40.9 Å². The third-order valence-electron chi connectivity index (χ3n) is 2.83. The van der Waals surface area contributed by atoms with Crippen LogP contribution in [-0.2, 0) is 0 Å². The zero-order valence-electron chi connectivity index (χ0n) is 11.1. The normalized spacial score (nSPS) is 11.2. The summed E-state index contributed by atoms with van der Waals surface area (Å²) >= 11 is 8.50. The lowest BCUT2D eigenvalue weighted by molar-refractivity contribution is 0.105. The number of benzene rings is 1. The van der Waals surface area contributed by atoms with E-state index in [0.717, 1.165) is 10.6 Å². The highest BCUT2D eigenvalue weighted by molar-refractivity contribution is 7.18. The molecule has 2 heterocycles. The van der Waals surface area contributed by atoms with Crippen LogP contribution in [0.25, 0.3) is 16.6 Å². The van der Waals surface area contributed by atoms with E-state index in [2.05, 4.69) is 4.98 Å². The molecule has 2 nitrogen and oxygen atoms in total. The fraction of sp³-hybridized carbons (Fsp3) is 0. The van der Waals surface area contributed by atoms with Crippen LogP contribution in [0.5, 0.6) is 0 Å². The number of nitrogens with zero attached hydrogens (tertiary/aromatic N) is 1. The summed E-state index contributed by atoms with van der Waals surface area (Å²) in [4.78, 5) is 17.0. The predicted molar refractivity (Wildman–Crippen MR) is 90.2 cm³/mol. The van der Waals surface area contributed by atoms with Crippen LogP contribution >= 0.6 is 34.3 Å². The van der Waals surface area contributed by atoms with Crippen LogP contribution in [0.4, 0.5) is 4.39 Å². The zero-order chi connectivity index (χ0) is 15.5. The van der Waals surface area contributed by atoms with E-state index in [0.29, 0.717) is 14.9 Å². The second-order valence-corrected chi connectivity index (χ2v) is 6.96. The Morgan fingerprint density at radius 3 is 2.64 bits per heavy atom. The maximum absolute atomic E-state index is 12.9. The number of halogens is 2. The predicted octanol–water partition coefficient (Wildman–Crippen LogP) is 5.56. The first-order valence-electron chi connectivity index (χ1n) is 6.31. The van der Waals surface area contributed by atoms with Crippen LogP contribution < -0.4 is 0 Å². The summed E-state index contributed by atoms with van der Waals surface area (Å²) in [5.41, 5.74) is 1.54. The van der Waals surface area contributed by atoms with Gasteiger partial charge in [-0.1, -0.05) is 11.6 Å². The maximum Gasteiger partial charge on any atom is 0.195 e. The van der Waals surface area contributed by atoms with Gasteiger partial charge in [-0.2, -0.15) is 0 Å². The molecular weight excluding hydrogens is 341 g/mol. The van der Waals surface area contributed by atoms with Crippen LogP contribution in [0.2, 0.25) is 4.34 Å². The first kappa shape index (κ1) is 15.1. The minimum absolute atomic E-state index is 0.103. The van der Waals surface area contributed by atoms with Crippen molar-refractivity contribution >= 4 is 46.1 Å². The summed E-state index contributed by atoms with van der Waals surface area (Å²) in [6.07, 6.45) is 3.14. The highest BCUT2D eigenvalue weighted by Gasteiger charge is 2.06. The number of thiazole rings is 1. The minimum atomic E-state index is -0.277. The summed E-state index contributed by atoms with van der Waals surface area (Å²) in [5, 5.41) is 2.63. The van der Waals surface area contributed by atoms with Crippen molar-refractivity contribution < 1.29 is 9.18 Å². The van der Waals surface area contributed by atoms with E-state index in [-0.39, 0.29) is 11.6 Å². The standard InChI is InChI=1S/C16H9ClFNOS2/c17-15-8-7-14(22-15)13(20)6-5-12-9-21-16(19-12)10-1-3-11(18)4-2-10/h1-9H. The zero-order valence-corrected chi connectivity index (χ0v) is 13.5. The van der Waals surface area contributed by atoms with Gasteiger partial charge in [-0.15, -0.1) is 22.7 Å². The van der Waals surface area contributed by atoms with Gasteiger partial charge in [0.15, 0.2) is 5.78 Å². The smallest absolute Gasteiger partial charge is 0.195 e. The molecule has 0 aliphatic carbocycles. The van der Waals surface area contributed by atoms with E-state index in [9.17, 15) is 9.18 Å². The Labute approximate surface area is 139 Å². The molecule has 22 heavy (non-hydrogen) atoms. The van der Waals surface area contributed by atoms with Gasteiger partial charge in [0, 0.05) is 10.9 Å². The number of ketones is 1. The molecule has 0 fully saturated rings. The molecular formula is C16H9ClFNOS2. The van der Waals surface area contributed by atoms with Crippen LogP contribution in [-0.4, -0.2) is 10.8 Å². The van der Waals surface area contributed by atoms with Crippen molar-refractivity contribution in [2.45, 2.75) is 0 Å². The Hall–Kier alpha value is -1.82. The molecule has 2 aromatic heterocycles. The van der Waals surface area contributed by atoms with Gasteiger partial charge in [-0.05, 0) is 48.6 Å². The minimum Gasteiger partial charge on any atom is -0.288 e. The van der Waals surface area contributed by atoms with Crippen molar-refractivity contribution in [3.63, 3.8) is 0 Å². The lowest BCUT2D eigenvalue weighted by Gasteiger charge is -1.94. The average Bonchev–Trinajstić information content (AvgIpc) is 3.15. The third kappa shape index (κ3) is 3.50. The quantitative estimate of drug-likeness (QED) is 0.456. The van der Waals surface area contributed by atoms with Crippen LogP contribution in [0, 0.1) is 5.82 Å². The molecule has 6 heteroatoms. The first-order chi connectivity index (χ1) is 10.6. The maximum atomic E-state index is 12.9. The molecule has 0 unspecified atom stereocenters. The molecule has 0 amide bonds. The number of hydrogen-bond acceptors (Lipinski definition) is 4. The Morgan fingerprint density at radius 1 is 1.18 bits per heavy atom. The Balaban J connectivity index is 1.75.